The number of hydrogen-bond donors (Lipinski definition) is 2. The number of hydrogen-bond acceptors (Lipinski definition) is 4. The molecule has 82 valence electrons. The van der Waals surface area contributed by atoms with Crippen LogP contribution in [0.25, 0.3) is 11.3 Å². The van der Waals surface area contributed by atoms with Crippen LogP contribution in [-0.2, 0) is 0 Å². The van der Waals surface area contributed by atoms with Gasteiger partial charge >= 0.3 is 5.97 Å². The average molecular weight is 219 g/mol. The number of aromatic hydroxyl groups is 1. The van der Waals surface area contributed by atoms with Crippen molar-refractivity contribution in [2.45, 2.75) is 6.92 Å². The van der Waals surface area contributed by atoms with Gasteiger partial charge in [0, 0.05) is 0 Å². The maximum Gasteiger partial charge on any atom is 0.341 e. The van der Waals surface area contributed by atoms with Crippen LogP contribution in [0.4, 0.5) is 0 Å². The highest BCUT2D eigenvalue weighted by Crippen LogP contribution is 2.32. The third-order valence-corrected chi connectivity index (χ3v) is 2.20. The van der Waals surface area contributed by atoms with Crippen molar-refractivity contribution in [3.05, 3.63) is 35.5 Å². The molecule has 5 heteroatoms. The normalized spacial score (nSPS) is 10.3. The van der Waals surface area contributed by atoms with Gasteiger partial charge in [-0.1, -0.05) is 16.8 Å². The van der Waals surface area contributed by atoms with Crippen LogP contribution in [0.5, 0.6) is 5.75 Å². The van der Waals surface area contributed by atoms with Crippen molar-refractivity contribution in [2.24, 2.45) is 0 Å². The van der Waals surface area contributed by atoms with Crippen LogP contribution in [0.3, 0.4) is 0 Å². The van der Waals surface area contributed by atoms with Gasteiger partial charge in [0.1, 0.15) is 11.3 Å². The number of phenolic OH excluding ortho intramolecular Hbond substituents is 1. The summed E-state index contributed by atoms with van der Waals surface area (Å²) in [4.78, 5) is 10.9. The highest BCUT2D eigenvalue weighted by molar-refractivity contribution is 5.94. The van der Waals surface area contributed by atoms with Crippen molar-refractivity contribution >= 4 is 5.97 Å². The molecule has 0 atom stereocenters. The summed E-state index contributed by atoms with van der Waals surface area (Å²) >= 11 is 0. The quantitative estimate of drug-likeness (QED) is 0.807. The molecule has 0 aliphatic rings. The first-order valence-corrected chi connectivity index (χ1v) is 4.57. The number of rotatable bonds is 2. The fourth-order valence-electron chi connectivity index (χ4n) is 1.42. The minimum absolute atomic E-state index is 0.0372. The highest BCUT2D eigenvalue weighted by Gasteiger charge is 2.19. The van der Waals surface area contributed by atoms with E-state index in [1.54, 1.807) is 12.1 Å². The summed E-state index contributed by atoms with van der Waals surface area (Å²) < 4.78 is 4.86. The number of carbonyl (C=O) groups is 1. The van der Waals surface area contributed by atoms with Gasteiger partial charge in [-0.3, -0.25) is 0 Å². The van der Waals surface area contributed by atoms with E-state index in [-0.39, 0.29) is 17.1 Å². The molecule has 1 aromatic heterocycles. The van der Waals surface area contributed by atoms with E-state index in [2.05, 4.69) is 5.16 Å². The second-order valence-electron chi connectivity index (χ2n) is 3.39. The number of aryl methyl sites for hydroxylation is 1. The number of aromatic carboxylic acids is 1. The minimum Gasteiger partial charge on any atom is -0.507 e. The number of carboxylic acid groups (broad SMARTS) is 1. The number of phenols is 1. The Kier molecular flexibility index (Phi) is 2.36. The average Bonchev–Trinajstić information content (AvgIpc) is 2.70. The fourth-order valence-corrected chi connectivity index (χ4v) is 1.42. The first-order chi connectivity index (χ1) is 7.59. The maximum atomic E-state index is 10.9. The van der Waals surface area contributed by atoms with Crippen LogP contribution in [0.15, 0.2) is 28.9 Å². The molecule has 5 nitrogen and oxygen atoms in total. The fraction of sp³-hybridized carbons (Fsp3) is 0.0909. The Bertz CT molecular complexity index is 545. The molecular weight excluding hydrogens is 210 g/mol. The van der Waals surface area contributed by atoms with Crippen molar-refractivity contribution in [3.63, 3.8) is 0 Å². The van der Waals surface area contributed by atoms with Crippen molar-refractivity contribution in [1.82, 2.24) is 5.16 Å². The van der Waals surface area contributed by atoms with E-state index in [0.717, 1.165) is 11.8 Å². The topological polar surface area (TPSA) is 83.6 Å². The molecule has 0 spiro atoms. The molecule has 2 N–H and O–H groups in total. The van der Waals surface area contributed by atoms with E-state index in [0.29, 0.717) is 5.56 Å². The van der Waals surface area contributed by atoms with E-state index >= 15 is 0 Å². The van der Waals surface area contributed by atoms with Crippen LogP contribution in [0.1, 0.15) is 15.9 Å². The third-order valence-electron chi connectivity index (χ3n) is 2.20. The Labute approximate surface area is 90.9 Å². The highest BCUT2D eigenvalue weighted by atomic mass is 16.5. The van der Waals surface area contributed by atoms with E-state index < -0.39 is 5.97 Å². The summed E-state index contributed by atoms with van der Waals surface area (Å²) in [6.07, 6.45) is 1.11. The van der Waals surface area contributed by atoms with Crippen LogP contribution in [0.2, 0.25) is 0 Å². The van der Waals surface area contributed by atoms with Gasteiger partial charge in [0.15, 0.2) is 5.76 Å². The monoisotopic (exact) mass is 219 g/mol. The molecule has 0 bridgehead atoms. The Hall–Kier alpha value is -2.30. The van der Waals surface area contributed by atoms with E-state index in [4.69, 9.17) is 9.63 Å². The molecular formula is C11H9NO4. The molecule has 2 aromatic rings. The van der Waals surface area contributed by atoms with Gasteiger partial charge in [0.2, 0.25) is 0 Å². The van der Waals surface area contributed by atoms with Gasteiger partial charge in [-0.05, 0) is 19.1 Å². The van der Waals surface area contributed by atoms with E-state index in [1.807, 2.05) is 6.92 Å². The zero-order valence-corrected chi connectivity index (χ0v) is 8.47. The Morgan fingerprint density at radius 3 is 2.88 bits per heavy atom. The number of benzene rings is 1. The van der Waals surface area contributed by atoms with Gasteiger partial charge < -0.3 is 14.7 Å². The third kappa shape index (κ3) is 1.63. The summed E-state index contributed by atoms with van der Waals surface area (Å²) in [5, 5.41) is 22.0. The second kappa shape index (κ2) is 3.69. The molecule has 2 rings (SSSR count). The van der Waals surface area contributed by atoms with Gasteiger partial charge in [-0.25, -0.2) is 4.79 Å². The molecule has 0 saturated carbocycles. The summed E-state index contributed by atoms with van der Waals surface area (Å²) in [5.74, 6) is -1.12. The van der Waals surface area contributed by atoms with E-state index in [9.17, 15) is 9.90 Å². The molecule has 0 amide bonds. The number of aromatic nitrogens is 1. The smallest absolute Gasteiger partial charge is 0.341 e. The predicted molar refractivity (Wildman–Crippen MR) is 55.3 cm³/mol. The standard InChI is InChI=1S/C11H9NO4/c1-6-2-3-9(13)7(4-6)10-8(11(14)15)5-12-16-10/h2-5,13H,1H3,(H,14,15). The number of nitrogens with zero attached hydrogens (tertiary/aromatic N) is 1. The lowest BCUT2D eigenvalue weighted by Gasteiger charge is -2.02. The molecule has 0 radical (unpaired) electrons. The van der Waals surface area contributed by atoms with Gasteiger partial charge in [0.05, 0.1) is 11.8 Å². The Morgan fingerprint density at radius 1 is 1.44 bits per heavy atom. The summed E-state index contributed by atoms with van der Waals surface area (Å²) in [6.45, 7) is 1.83. The Morgan fingerprint density at radius 2 is 2.19 bits per heavy atom. The van der Waals surface area contributed by atoms with Crippen LogP contribution in [-0.4, -0.2) is 21.3 Å². The molecule has 1 aromatic carbocycles. The first-order valence-electron chi connectivity index (χ1n) is 4.57. The van der Waals surface area contributed by atoms with Gasteiger partial charge in [-0.2, -0.15) is 0 Å². The van der Waals surface area contributed by atoms with Crippen molar-refractivity contribution < 1.29 is 19.5 Å². The zero-order valence-electron chi connectivity index (χ0n) is 8.47. The SMILES string of the molecule is Cc1ccc(O)c(-c2oncc2C(=O)O)c1. The minimum atomic E-state index is -1.14. The lowest BCUT2D eigenvalue weighted by atomic mass is 10.1. The van der Waals surface area contributed by atoms with Crippen molar-refractivity contribution in [1.29, 1.82) is 0 Å². The largest absolute Gasteiger partial charge is 0.507 e. The molecule has 0 unspecified atom stereocenters. The summed E-state index contributed by atoms with van der Waals surface area (Å²) in [6, 6.07) is 4.84. The lowest BCUT2D eigenvalue weighted by Crippen LogP contribution is -1.96. The van der Waals surface area contributed by atoms with Gasteiger partial charge in [0.25, 0.3) is 0 Å². The van der Waals surface area contributed by atoms with Crippen LogP contribution in [0, 0.1) is 6.92 Å². The van der Waals surface area contributed by atoms with Gasteiger partial charge in [-0.15, -0.1) is 0 Å². The van der Waals surface area contributed by atoms with E-state index in [1.165, 1.54) is 6.07 Å². The van der Waals surface area contributed by atoms with Crippen LogP contribution < -0.4 is 0 Å². The molecule has 0 aliphatic heterocycles. The zero-order chi connectivity index (χ0) is 11.7. The van der Waals surface area contributed by atoms with Crippen LogP contribution >= 0.6 is 0 Å². The number of carboxylic acids is 1. The molecule has 0 saturated heterocycles. The molecule has 1 heterocycles. The summed E-state index contributed by atoms with van der Waals surface area (Å²) in [5.41, 5.74) is 1.15. The maximum absolute atomic E-state index is 10.9. The second-order valence-corrected chi connectivity index (χ2v) is 3.39. The predicted octanol–water partition coefficient (Wildman–Crippen LogP) is 2.05. The Balaban J connectivity index is 2.62. The summed E-state index contributed by atoms with van der Waals surface area (Å²) in [7, 11) is 0. The van der Waals surface area contributed by atoms with Crippen molar-refractivity contribution in [2.75, 3.05) is 0 Å². The lowest BCUT2D eigenvalue weighted by molar-refractivity contribution is 0.0697. The first kappa shape index (κ1) is 10.2. The van der Waals surface area contributed by atoms with Crippen molar-refractivity contribution in [3.8, 4) is 17.1 Å². The molecule has 16 heavy (non-hydrogen) atoms. The molecule has 0 fully saturated rings. The molecule has 0 aliphatic carbocycles.